The Bertz CT molecular complexity index is 870. The summed E-state index contributed by atoms with van der Waals surface area (Å²) in [6.45, 7) is 14.7. The highest BCUT2D eigenvalue weighted by Crippen LogP contribution is 2.30. The molecule has 170 valence electrons. The van der Waals surface area contributed by atoms with Crippen LogP contribution in [0.15, 0.2) is 103 Å². The Morgan fingerprint density at radius 1 is 1.06 bits per heavy atom. The maximum atomic E-state index is 14.1. The summed E-state index contributed by atoms with van der Waals surface area (Å²) >= 11 is 0. The van der Waals surface area contributed by atoms with E-state index in [1.165, 1.54) is 12.8 Å². The number of likely N-dealkylation sites (tertiary alicyclic amines) is 1. The van der Waals surface area contributed by atoms with Crippen molar-refractivity contribution in [2.45, 2.75) is 38.6 Å². The van der Waals surface area contributed by atoms with Crippen molar-refractivity contribution in [1.29, 1.82) is 0 Å². The summed E-state index contributed by atoms with van der Waals surface area (Å²) in [5.74, 6) is -0.309. The largest absolute Gasteiger partial charge is 0.337 e. The van der Waals surface area contributed by atoms with Crippen LogP contribution in [0.2, 0.25) is 0 Å². The lowest BCUT2D eigenvalue weighted by molar-refractivity contribution is -0.132. The quantitative estimate of drug-likeness (QED) is 0.398. The van der Waals surface area contributed by atoms with E-state index in [2.05, 4.69) is 30.2 Å². The van der Waals surface area contributed by atoms with Crippen LogP contribution in [0.1, 0.15) is 38.2 Å². The summed E-state index contributed by atoms with van der Waals surface area (Å²) in [5.41, 5.74) is 3.05. The van der Waals surface area contributed by atoms with Crippen LogP contribution in [0.4, 0.5) is 0 Å². The first kappa shape index (κ1) is 25.4. The Labute approximate surface area is 194 Å². The second-order valence-corrected chi connectivity index (χ2v) is 8.10. The predicted octanol–water partition coefficient (Wildman–Crippen LogP) is 6.07. The van der Waals surface area contributed by atoms with Crippen molar-refractivity contribution in [2.24, 2.45) is 0 Å². The van der Waals surface area contributed by atoms with Gasteiger partial charge in [-0.15, -0.1) is 0 Å². The van der Waals surface area contributed by atoms with Gasteiger partial charge >= 0.3 is 0 Å². The monoisotopic (exact) mass is 430 g/mol. The zero-order chi connectivity index (χ0) is 23.3. The molecule has 1 aliphatic rings. The van der Waals surface area contributed by atoms with E-state index in [-0.39, 0.29) is 11.9 Å². The van der Waals surface area contributed by atoms with Gasteiger partial charge in [-0.1, -0.05) is 92.1 Å². The van der Waals surface area contributed by atoms with Gasteiger partial charge in [0.15, 0.2) is 0 Å². The molecule has 1 amide bonds. The van der Waals surface area contributed by atoms with E-state index < -0.39 is 5.92 Å². The van der Waals surface area contributed by atoms with Gasteiger partial charge in [0.1, 0.15) is 0 Å². The van der Waals surface area contributed by atoms with E-state index in [4.69, 9.17) is 0 Å². The standard InChI is InChI=1S/C29H38N2O/c1-6-10-18-24(9-4)27(23-31-21-14-15-22-31)30(5)29(32)28(25(16-7-2)17-8-3)26-19-12-11-13-20-26/h6-13,16-20,27-28H,1-2,14-15,21-23H2,3-5H3/b17-8-,18-10-,24-9+,25-16+/t27-,28?/m1/s1. The highest BCUT2D eigenvalue weighted by molar-refractivity contribution is 5.88. The molecule has 2 atom stereocenters. The van der Waals surface area contributed by atoms with Crippen molar-refractivity contribution in [3.05, 3.63) is 109 Å². The van der Waals surface area contributed by atoms with E-state index in [1.54, 1.807) is 12.2 Å². The SMILES string of the molecule is C=C/C=C\C(=C/C)[C@@H](CN1CCCC1)N(C)C(=O)C(C(/C=C\C)=C/C=C)c1ccccc1. The van der Waals surface area contributed by atoms with Crippen LogP contribution in [-0.4, -0.2) is 48.4 Å². The summed E-state index contributed by atoms with van der Waals surface area (Å²) in [6, 6.07) is 9.98. The average Bonchev–Trinajstić information content (AvgIpc) is 3.32. The number of benzene rings is 1. The van der Waals surface area contributed by atoms with Crippen LogP contribution in [0.5, 0.6) is 0 Å². The fourth-order valence-electron chi connectivity index (χ4n) is 4.30. The maximum absolute atomic E-state index is 14.1. The molecule has 1 unspecified atom stereocenters. The maximum Gasteiger partial charge on any atom is 0.234 e. The van der Waals surface area contributed by atoms with Crippen molar-refractivity contribution in [2.75, 3.05) is 26.7 Å². The Morgan fingerprint density at radius 2 is 1.75 bits per heavy atom. The van der Waals surface area contributed by atoms with Crippen molar-refractivity contribution < 1.29 is 4.79 Å². The number of amides is 1. The van der Waals surface area contributed by atoms with Gasteiger partial charge in [0, 0.05) is 13.6 Å². The second kappa shape index (κ2) is 13.5. The van der Waals surface area contributed by atoms with Crippen molar-refractivity contribution in [3.63, 3.8) is 0 Å². The minimum Gasteiger partial charge on any atom is -0.337 e. The van der Waals surface area contributed by atoms with E-state index in [0.717, 1.165) is 36.3 Å². The molecule has 1 aromatic carbocycles. The molecular weight excluding hydrogens is 392 g/mol. The number of hydrogen-bond acceptors (Lipinski definition) is 2. The van der Waals surface area contributed by atoms with Crippen LogP contribution >= 0.6 is 0 Å². The van der Waals surface area contributed by atoms with Crippen molar-refractivity contribution in [1.82, 2.24) is 9.80 Å². The fraction of sp³-hybridized carbons (Fsp3) is 0.345. The molecule has 0 saturated carbocycles. The van der Waals surface area contributed by atoms with Gasteiger partial charge in [-0.2, -0.15) is 0 Å². The number of rotatable bonds is 11. The van der Waals surface area contributed by atoms with Gasteiger partial charge in [-0.25, -0.2) is 0 Å². The lowest BCUT2D eigenvalue weighted by Gasteiger charge is -2.35. The molecule has 1 saturated heterocycles. The third kappa shape index (κ3) is 6.80. The molecule has 2 rings (SSSR count). The summed E-state index contributed by atoms with van der Waals surface area (Å²) in [4.78, 5) is 18.5. The highest BCUT2D eigenvalue weighted by Gasteiger charge is 2.32. The Balaban J connectivity index is 2.49. The minimum absolute atomic E-state index is 0.0383. The van der Waals surface area contributed by atoms with E-state index in [9.17, 15) is 4.79 Å². The van der Waals surface area contributed by atoms with Crippen LogP contribution < -0.4 is 0 Å². The first-order valence-electron chi connectivity index (χ1n) is 11.5. The first-order chi connectivity index (χ1) is 15.6. The molecular formula is C29H38N2O. The molecule has 0 aliphatic carbocycles. The number of carbonyl (C=O) groups is 1. The Morgan fingerprint density at radius 3 is 2.31 bits per heavy atom. The molecule has 0 bridgehead atoms. The number of carbonyl (C=O) groups excluding carboxylic acids is 1. The van der Waals surface area contributed by atoms with Gasteiger partial charge in [-0.05, 0) is 56.5 Å². The number of likely N-dealkylation sites (N-methyl/N-ethyl adjacent to an activating group) is 1. The summed E-state index contributed by atoms with van der Waals surface area (Å²) in [7, 11) is 1.94. The number of nitrogens with zero attached hydrogens (tertiary/aromatic N) is 2. The molecule has 0 aromatic heterocycles. The highest BCUT2D eigenvalue weighted by atomic mass is 16.2. The number of allylic oxidation sites excluding steroid dienone is 7. The fourth-order valence-corrected chi connectivity index (χ4v) is 4.30. The summed E-state index contributed by atoms with van der Waals surface area (Å²) in [6.07, 6.45) is 18.0. The van der Waals surface area contributed by atoms with Gasteiger partial charge in [-0.3, -0.25) is 4.79 Å². The normalized spacial score (nSPS) is 17.6. The van der Waals surface area contributed by atoms with E-state index in [0.29, 0.717) is 0 Å². The van der Waals surface area contributed by atoms with Crippen molar-refractivity contribution >= 4 is 5.91 Å². The summed E-state index contributed by atoms with van der Waals surface area (Å²) in [5, 5.41) is 0. The molecule has 0 radical (unpaired) electrons. The van der Waals surface area contributed by atoms with Crippen LogP contribution in [0, 0.1) is 0 Å². The molecule has 1 aliphatic heterocycles. The van der Waals surface area contributed by atoms with Crippen LogP contribution in [0.25, 0.3) is 0 Å². The third-order valence-corrected chi connectivity index (χ3v) is 5.97. The molecule has 3 nitrogen and oxygen atoms in total. The van der Waals surface area contributed by atoms with E-state index >= 15 is 0 Å². The van der Waals surface area contributed by atoms with E-state index in [1.807, 2.05) is 80.4 Å². The van der Waals surface area contributed by atoms with Gasteiger partial charge in [0.05, 0.1) is 12.0 Å². The van der Waals surface area contributed by atoms with Crippen molar-refractivity contribution in [3.8, 4) is 0 Å². The molecule has 1 fully saturated rings. The third-order valence-electron chi connectivity index (χ3n) is 5.97. The zero-order valence-corrected chi connectivity index (χ0v) is 19.9. The van der Waals surface area contributed by atoms with Crippen LogP contribution in [-0.2, 0) is 4.79 Å². The predicted molar refractivity (Wildman–Crippen MR) is 138 cm³/mol. The molecule has 0 spiro atoms. The molecule has 1 heterocycles. The molecule has 0 N–H and O–H groups in total. The lowest BCUT2D eigenvalue weighted by Crippen LogP contribution is -2.47. The topological polar surface area (TPSA) is 23.6 Å². The minimum atomic E-state index is -0.391. The Kier molecular flexibility index (Phi) is 10.7. The van der Waals surface area contributed by atoms with Gasteiger partial charge < -0.3 is 9.80 Å². The zero-order valence-electron chi connectivity index (χ0n) is 19.9. The average molecular weight is 431 g/mol. The summed E-state index contributed by atoms with van der Waals surface area (Å²) < 4.78 is 0. The molecule has 3 heteroatoms. The second-order valence-electron chi connectivity index (χ2n) is 8.10. The Hall–Kier alpha value is -2.91. The lowest BCUT2D eigenvalue weighted by atomic mass is 9.88. The molecule has 1 aromatic rings. The van der Waals surface area contributed by atoms with Crippen LogP contribution in [0.3, 0.4) is 0 Å². The van der Waals surface area contributed by atoms with Gasteiger partial charge in [0.25, 0.3) is 0 Å². The first-order valence-corrected chi connectivity index (χ1v) is 11.5. The number of hydrogen-bond donors (Lipinski definition) is 0. The smallest absolute Gasteiger partial charge is 0.234 e. The molecule has 32 heavy (non-hydrogen) atoms. The van der Waals surface area contributed by atoms with Gasteiger partial charge in [0.2, 0.25) is 5.91 Å².